The lowest BCUT2D eigenvalue weighted by Gasteiger charge is -2.12. The lowest BCUT2D eigenvalue weighted by Crippen LogP contribution is -2.23. The number of amides is 1. The first-order chi connectivity index (χ1) is 12.4. The van der Waals surface area contributed by atoms with Crippen molar-refractivity contribution in [3.05, 3.63) is 51.9 Å². The van der Waals surface area contributed by atoms with Crippen LogP contribution in [0.1, 0.15) is 49.7 Å². The molecule has 1 aromatic carbocycles. The van der Waals surface area contributed by atoms with E-state index in [0.717, 1.165) is 25.0 Å². The highest BCUT2D eigenvalue weighted by molar-refractivity contribution is 8.00. The monoisotopic (exact) mass is 373 g/mol. The summed E-state index contributed by atoms with van der Waals surface area (Å²) in [5.74, 6) is -0.225. The first-order valence-corrected chi connectivity index (χ1v) is 9.45. The second-order valence-corrected chi connectivity index (χ2v) is 7.36. The summed E-state index contributed by atoms with van der Waals surface area (Å²) in [6.07, 6.45) is 2.74. The molecular formula is C19H23N3O3S. The van der Waals surface area contributed by atoms with E-state index < -0.39 is 5.25 Å². The van der Waals surface area contributed by atoms with E-state index in [1.807, 2.05) is 0 Å². The van der Waals surface area contributed by atoms with Crippen LogP contribution in [0.3, 0.4) is 0 Å². The Bertz CT molecular complexity index is 831. The molecule has 1 heterocycles. The zero-order valence-electron chi connectivity index (χ0n) is 15.2. The van der Waals surface area contributed by atoms with E-state index in [1.165, 1.54) is 24.8 Å². The molecule has 2 N–H and O–H groups in total. The van der Waals surface area contributed by atoms with Crippen LogP contribution in [-0.2, 0) is 11.2 Å². The first-order valence-electron chi connectivity index (χ1n) is 8.57. The summed E-state index contributed by atoms with van der Waals surface area (Å²) in [5, 5.41) is 2.81. The fourth-order valence-corrected chi connectivity index (χ4v) is 3.11. The Labute approximate surface area is 156 Å². The second kappa shape index (κ2) is 9.33. The van der Waals surface area contributed by atoms with Crippen LogP contribution >= 0.6 is 11.8 Å². The highest BCUT2D eigenvalue weighted by Crippen LogP contribution is 2.20. The summed E-state index contributed by atoms with van der Waals surface area (Å²) < 4.78 is 0. The number of benzene rings is 1. The van der Waals surface area contributed by atoms with Gasteiger partial charge in [-0.05, 0) is 51.0 Å². The van der Waals surface area contributed by atoms with Crippen LogP contribution in [0.2, 0.25) is 0 Å². The van der Waals surface area contributed by atoms with Gasteiger partial charge in [0.05, 0.1) is 5.25 Å². The molecule has 0 bridgehead atoms. The van der Waals surface area contributed by atoms with Crippen molar-refractivity contribution < 1.29 is 9.59 Å². The van der Waals surface area contributed by atoms with Crippen molar-refractivity contribution in [3.63, 3.8) is 0 Å². The first kappa shape index (κ1) is 19.9. The molecule has 0 aliphatic carbocycles. The number of hydrogen-bond donors (Lipinski definition) is 2. The van der Waals surface area contributed by atoms with Gasteiger partial charge in [0.15, 0.2) is 10.9 Å². The topological polar surface area (TPSA) is 91.9 Å². The van der Waals surface area contributed by atoms with Gasteiger partial charge in [-0.3, -0.25) is 14.4 Å². The van der Waals surface area contributed by atoms with Gasteiger partial charge in [-0.2, -0.15) is 0 Å². The van der Waals surface area contributed by atoms with Crippen molar-refractivity contribution in [2.45, 2.75) is 50.4 Å². The van der Waals surface area contributed by atoms with Crippen molar-refractivity contribution in [3.8, 4) is 0 Å². The Morgan fingerprint density at radius 2 is 1.96 bits per heavy atom. The Morgan fingerprint density at radius 1 is 1.27 bits per heavy atom. The minimum absolute atomic E-state index is 0.0233. The number of H-pyrrole nitrogens is 1. The lowest BCUT2D eigenvalue weighted by molar-refractivity contribution is -0.115. The number of anilines is 1. The molecule has 138 valence electrons. The molecule has 0 saturated heterocycles. The van der Waals surface area contributed by atoms with E-state index >= 15 is 0 Å². The predicted octanol–water partition coefficient (Wildman–Crippen LogP) is 3.43. The maximum absolute atomic E-state index is 12.4. The lowest BCUT2D eigenvalue weighted by atomic mass is 10.1. The third-order valence-electron chi connectivity index (χ3n) is 3.78. The quantitative estimate of drug-likeness (QED) is 0.420. The molecule has 2 rings (SSSR count). The fraction of sp³-hybridized carbons (Fsp3) is 0.368. The van der Waals surface area contributed by atoms with Gasteiger partial charge in [-0.15, -0.1) is 0 Å². The second-order valence-electron chi connectivity index (χ2n) is 6.03. The van der Waals surface area contributed by atoms with Crippen molar-refractivity contribution in [1.29, 1.82) is 0 Å². The summed E-state index contributed by atoms with van der Waals surface area (Å²) >= 11 is 1.21. The number of rotatable bonds is 8. The number of aryl methyl sites for hydroxylation is 1. The average molecular weight is 373 g/mol. The Balaban J connectivity index is 2.01. The molecule has 0 spiro atoms. The Hall–Kier alpha value is -2.41. The minimum Gasteiger partial charge on any atom is -0.325 e. The Kier molecular flexibility index (Phi) is 7.15. The van der Waals surface area contributed by atoms with Gasteiger partial charge in [0.1, 0.15) is 0 Å². The zero-order chi connectivity index (χ0) is 19.1. The number of thioether (sulfide) groups is 1. The molecule has 0 saturated carbocycles. The van der Waals surface area contributed by atoms with E-state index in [1.54, 1.807) is 31.2 Å². The molecule has 0 radical (unpaired) electrons. The van der Waals surface area contributed by atoms with Crippen LogP contribution in [-0.4, -0.2) is 26.9 Å². The van der Waals surface area contributed by atoms with Crippen LogP contribution in [0.15, 0.2) is 40.3 Å². The maximum Gasteiger partial charge on any atom is 0.251 e. The number of unbranched alkanes of at least 4 members (excludes halogenated alkanes) is 1. The molecule has 1 aromatic heterocycles. The normalized spacial score (nSPS) is 11.8. The van der Waals surface area contributed by atoms with Crippen molar-refractivity contribution in [2.75, 3.05) is 5.32 Å². The number of Topliss-reactive ketones (excluding diaryl/α,β-unsaturated/α-hetero) is 1. The van der Waals surface area contributed by atoms with E-state index in [9.17, 15) is 14.4 Å². The molecule has 7 heteroatoms. The summed E-state index contributed by atoms with van der Waals surface area (Å²) in [6, 6.07) is 8.23. The van der Waals surface area contributed by atoms with Crippen molar-refractivity contribution in [2.24, 2.45) is 0 Å². The van der Waals surface area contributed by atoms with E-state index in [-0.39, 0.29) is 17.2 Å². The number of carbonyl (C=O) groups excluding carboxylic acids is 2. The Morgan fingerprint density at radius 3 is 2.58 bits per heavy atom. The van der Waals surface area contributed by atoms with Gasteiger partial charge in [0, 0.05) is 23.0 Å². The summed E-state index contributed by atoms with van der Waals surface area (Å²) in [7, 11) is 0. The summed E-state index contributed by atoms with van der Waals surface area (Å²) in [5.41, 5.74) is 1.74. The highest BCUT2D eigenvalue weighted by Gasteiger charge is 2.16. The molecule has 2 aromatic rings. The standard InChI is InChI=1S/C19H23N3O3S/c1-4-5-6-16-11-17(24)22-19(21-16)26-13(3)18(25)20-15-9-7-14(8-10-15)12(2)23/h7-11,13H,4-6H2,1-3H3,(H,20,25)(H,21,22,24). The van der Waals surface area contributed by atoms with Crippen LogP contribution in [0.4, 0.5) is 5.69 Å². The highest BCUT2D eigenvalue weighted by atomic mass is 32.2. The van der Waals surface area contributed by atoms with E-state index in [4.69, 9.17) is 0 Å². The number of aromatic nitrogens is 2. The number of nitrogens with zero attached hydrogens (tertiary/aromatic N) is 1. The predicted molar refractivity (Wildman–Crippen MR) is 104 cm³/mol. The molecular weight excluding hydrogens is 350 g/mol. The third-order valence-corrected chi connectivity index (χ3v) is 4.76. The van der Waals surface area contributed by atoms with Crippen LogP contribution < -0.4 is 10.9 Å². The van der Waals surface area contributed by atoms with E-state index in [2.05, 4.69) is 22.2 Å². The van der Waals surface area contributed by atoms with Gasteiger partial charge < -0.3 is 10.3 Å². The zero-order valence-corrected chi connectivity index (χ0v) is 16.0. The maximum atomic E-state index is 12.4. The molecule has 0 aliphatic rings. The number of ketones is 1. The van der Waals surface area contributed by atoms with Crippen molar-refractivity contribution in [1.82, 2.24) is 9.97 Å². The van der Waals surface area contributed by atoms with Crippen LogP contribution in [0.25, 0.3) is 0 Å². The number of carbonyl (C=O) groups is 2. The van der Waals surface area contributed by atoms with Gasteiger partial charge in [-0.1, -0.05) is 25.1 Å². The van der Waals surface area contributed by atoms with Crippen LogP contribution in [0, 0.1) is 0 Å². The van der Waals surface area contributed by atoms with Gasteiger partial charge in [0.2, 0.25) is 5.91 Å². The summed E-state index contributed by atoms with van der Waals surface area (Å²) in [4.78, 5) is 42.5. The molecule has 1 amide bonds. The molecule has 0 aliphatic heterocycles. The van der Waals surface area contributed by atoms with Gasteiger partial charge >= 0.3 is 0 Å². The number of nitrogens with one attached hydrogen (secondary N) is 2. The fourth-order valence-electron chi connectivity index (χ4n) is 2.28. The van der Waals surface area contributed by atoms with Gasteiger partial charge in [0.25, 0.3) is 5.56 Å². The van der Waals surface area contributed by atoms with Gasteiger partial charge in [-0.25, -0.2) is 4.98 Å². The molecule has 0 fully saturated rings. The molecule has 26 heavy (non-hydrogen) atoms. The number of hydrogen-bond acceptors (Lipinski definition) is 5. The van der Waals surface area contributed by atoms with E-state index in [0.29, 0.717) is 16.4 Å². The molecule has 1 atom stereocenters. The van der Waals surface area contributed by atoms with Crippen LogP contribution in [0.5, 0.6) is 0 Å². The molecule has 6 nitrogen and oxygen atoms in total. The summed E-state index contributed by atoms with van der Waals surface area (Å²) in [6.45, 7) is 5.33. The largest absolute Gasteiger partial charge is 0.325 e. The number of aromatic amines is 1. The SMILES string of the molecule is CCCCc1cc(=O)[nH]c(SC(C)C(=O)Nc2ccc(C(C)=O)cc2)n1. The third kappa shape index (κ3) is 5.84. The molecule has 1 unspecified atom stereocenters. The minimum atomic E-state index is -0.438. The average Bonchev–Trinajstić information content (AvgIpc) is 2.59. The smallest absolute Gasteiger partial charge is 0.251 e. The van der Waals surface area contributed by atoms with Crippen molar-refractivity contribution >= 4 is 29.1 Å².